The molecule has 8 heteroatoms. The number of aliphatic carboxylic acids is 1. The highest BCUT2D eigenvalue weighted by Crippen LogP contribution is 2.35. The maximum atomic E-state index is 11.4. The molecule has 0 saturated carbocycles. The van der Waals surface area contributed by atoms with Gasteiger partial charge in [0.2, 0.25) is 0 Å². The van der Waals surface area contributed by atoms with E-state index in [0.717, 1.165) is 48.1 Å². The average molecular weight is 436 g/mol. The number of benzene rings is 2. The fourth-order valence-electron chi connectivity index (χ4n) is 3.95. The molecular weight excluding hydrogens is 406 g/mol. The second-order valence-corrected chi connectivity index (χ2v) is 7.87. The Morgan fingerprint density at radius 1 is 1.25 bits per heavy atom. The summed E-state index contributed by atoms with van der Waals surface area (Å²) in [6, 6.07) is 15.5. The van der Waals surface area contributed by atoms with Gasteiger partial charge in [-0.1, -0.05) is 37.3 Å². The van der Waals surface area contributed by atoms with Crippen molar-refractivity contribution in [2.45, 2.75) is 31.8 Å². The molecule has 3 aromatic rings. The van der Waals surface area contributed by atoms with E-state index < -0.39 is 5.97 Å². The maximum Gasteiger partial charge on any atom is 0.305 e. The highest BCUT2D eigenvalue weighted by Gasteiger charge is 2.22. The van der Waals surface area contributed by atoms with Gasteiger partial charge in [-0.2, -0.15) is 0 Å². The Kier molecular flexibility index (Phi) is 6.79. The first-order valence-electron chi connectivity index (χ1n) is 10.9. The smallest absolute Gasteiger partial charge is 0.305 e. The van der Waals surface area contributed by atoms with Gasteiger partial charge in [0, 0.05) is 36.7 Å². The van der Waals surface area contributed by atoms with Gasteiger partial charge in [0.1, 0.15) is 12.4 Å². The molecule has 0 spiro atoms. The number of aromatic nitrogens is 2. The van der Waals surface area contributed by atoms with E-state index in [4.69, 9.17) is 4.74 Å². The molecule has 2 unspecified atom stereocenters. The van der Waals surface area contributed by atoms with Gasteiger partial charge < -0.3 is 30.4 Å². The van der Waals surface area contributed by atoms with Crippen molar-refractivity contribution in [2.24, 2.45) is 0 Å². The lowest BCUT2D eigenvalue weighted by atomic mass is 10.0. The number of anilines is 3. The number of carboxylic acids is 1. The molecule has 4 N–H and O–H groups in total. The Morgan fingerprint density at radius 2 is 2.09 bits per heavy atom. The molecule has 0 fully saturated rings. The van der Waals surface area contributed by atoms with Crippen LogP contribution in [0.2, 0.25) is 0 Å². The lowest BCUT2D eigenvalue weighted by Gasteiger charge is -2.34. The Morgan fingerprint density at radius 3 is 2.81 bits per heavy atom. The monoisotopic (exact) mass is 435 g/mol. The number of ether oxygens (including phenoxy) is 1. The summed E-state index contributed by atoms with van der Waals surface area (Å²) in [6.07, 6.45) is 4.49. The normalized spacial score (nSPS) is 14.7. The molecule has 1 aliphatic rings. The lowest BCUT2D eigenvalue weighted by Crippen LogP contribution is -2.41. The van der Waals surface area contributed by atoms with Crippen molar-refractivity contribution >= 4 is 23.3 Å². The van der Waals surface area contributed by atoms with Crippen molar-refractivity contribution in [3.63, 3.8) is 0 Å². The van der Waals surface area contributed by atoms with Gasteiger partial charge in [-0.3, -0.25) is 4.79 Å². The van der Waals surface area contributed by atoms with Crippen LogP contribution in [0.4, 0.5) is 17.3 Å². The molecule has 2 atom stereocenters. The van der Waals surface area contributed by atoms with Crippen molar-refractivity contribution in [3.05, 3.63) is 66.5 Å². The zero-order chi connectivity index (χ0) is 22.3. The number of H-pyrrole nitrogens is 1. The molecule has 0 radical (unpaired) electrons. The topological polar surface area (TPSA) is 103 Å². The van der Waals surface area contributed by atoms with Gasteiger partial charge in [-0.05, 0) is 24.1 Å². The Balaban J connectivity index is 1.49. The first-order chi connectivity index (χ1) is 15.6. The third kappa shape index (κ3) is 5.32. The molecule has 8 nitrogen and oxygen atoms in total. The van der Waals surface area contributed by atoms with E-state index in [1.54, 1.807) is 12.4 Å². The quantitative estimate of drug-likeness (QED) is 0.380. The number of nitrogens with zero attached hydrogens (tertiary/aromatic N) is 2. The fourth-order valence-corrected chi connectivity index (χ4v) is 3.95. The van der Waals surface area contributed by atoms with Crippen LogP contribution in [0.3, 0.4) is 0 Å². The summed E-state index contributed by atoms with van der Waals surface area (Å²) in [5.74, 6) is 0.730. The first kappa shape index (κ1) is 21.5. The lowest BCUT2D eigenvalue weighted by molar-refractivity contribution is -0.137. The number of nitrogens with one attached hydrogen (secondary N) is 3. The minimum absolute atomic E-state index is 0.00922. The van der Waals surface area contributed by atoms with Crippen LogP contribution in [0, 0.1) is 0 Å². The molecule has 2 heterocycles. The maximum absolute atomic E-state index is 11.4. The SMILES string of the molecule is CCC(CN1CCOc2cc(NC(CC(=O)O)c3ccccc3)ccc21)Nc1ncc[nH]1. The highest BCUT2D eigenvalue weighted by molar-refractivity contribution is 5.70. The standard InChI is InChI=1S/C24H29N5O3/c1-2-18(28-24-25-10-11-26-24)16-29-12-13-32-22-14-19(8-9-21(22)29)27-20(15-23(30)31)17-6-4-3-5-7-17/h3-11,14,18,20,27H,2,12-13,15-16H2,1H3,(H,30,31)(H2,25,26,28). The van der Waals surface area contributed by atoms with Crippen LogP contribution in [0.5, 0.6) is 5.75 Å². The van der Waals surface area contributed by atoms with Crippen molar-refractivity contribution in [2.75, 3.05) is 35.2 Å². The molecule has 0 bridgehead atoms. The molecule has 32 heavy (non-hydrogen) atoms. The van der Waals surface area contributed by atoms with Gasteiger partial charge >= 0.3 is 5.97 Å². The molecule has 0 saturated heterocycles. The van der Waals surface area contributed by atoms with Gasteiger partial charge in [0.15, 0.2) is 5.95 Å². The minimum atomic E-state index is -0.846. The number of aromatic amines is 1. The van der Waals surface area contributed by atoms with E-state index in [1.807, 2.05) is 48.5 Å². The summed E-state index contributed by atoms with van der Waals surface area (Å²) in [5, 5.41) is 16.2. The summed E-state index contributed by atoms with van der Waals surface area (Å²) in [7, 11) is 0. The van der Waals surface area contributed by atoms with Crippen molar-refractivity contribution in [1.29, 1.82) is 0 Å². The molecular formula is C24H29N5O3. The number of rotatable bonds is 10. The fraction of sp³-hybridized carbons (Fsp3) is 0.333. The molecule has 0 aliphatic carbocycles. The summed E-state index contributed by atoms with van der Waals surface area (Å²) >= 11 is 0. The van der Waals surface area contributed by atoms with Gasteiger partial charge in [-0.25, -0.2) is 4.98 Å². The molecule has 1 aromatic heterocycles. The Hall–Kier alpha value is -3.68. The molecule has 4 rings (SSSR count). The minimum Gasteiger partial charge on any atom is -0.489 e. The second-order valence-electron chi connectivity index (χ2n) is 7.87. The van der Waals surface area contributed by atoms with E-state index in [0.29, 0.717) is 6.61 Å². The van der Waals surface area contributed by atoms with Crippen molar-refractivity contribution in [1.82, 2.24) is 9.97 Å². The first-order valence-corrected chi connectivity index (χ1v) is 10.9. The predicted molar refractivity (Wildman–Crippen MR) is 125 cm³/mol. The van der Waals surface area contributed by atoms with E-state index in [1.165, 1.54) is 0 Å². The van der Waals surface area contributed by atoms with Gasteiger partial charge in [0.25, 0.3) is 0 Å². The summed E-state index contributed by atoms with van der Waals surface area (Å²) in [6.45, 7) is 4.39. The van der Waals surface area contributed by atoms with Crippen LogP contribution in [-0.4, -0.2) is 46.8 Å². The third-order valence-electron chi connectivity index (χ3n) is 5.61. The van der Waals surface area contributed by atoms with Gasteiger partial charge in [-0.15, -0.1) is 0 Å². The zero-order valence-electron chi connectivity index (χ0n) is 18.1. The number of hydrogen-bond donors (Lipinski definition) is 4. The number of fused-ring (bicyclic) bond motifs is 1. The molecule has 168 valence electrons. The van der Waals surface area contributed by atoms with Crippen molar-refractivity contribution < 1.29 is 14.6 Å². The van der Waals surface area contributed by atoms with E-state index in [2.05, 4.69) is 32.4 Å². The third-order valence-corrected chi connectivity index (χ3v) is 5.61. The number of carbonyl (C=O) groups is 1. The predicted octanol–water partition coefficient (Wildman–Crippen LogP) is 4.13. The van der Waals surface area contributed by atoms with Crippen LogP contribution >= 0.6 is 0 Å². The summed E-state index contributed by atoms with van der Waals surface area (Å²) < 4.78 is 5.95. The summed E-state index contributed by atoms with van der Waals surface area (Å²) in [5.41, 5.74) is 2.81. The van der Waals surface area contributed by atoms with Gasteiger partial charge in [0.05, 0.1) is 24.7 Å². The van der Waals surface area contributed by atoms with E-state index in [9.17, 15) is 9.90 Å². The molecule has 1 aliphatic heterocycles. The van der Waals surface area contributed by atoms with Crippen LogP contribution in [0.15, 0.2) is 60.9 Å². The molecule has 0 amide bonds. The Labute approximate surface area is 187 Å². The number of imidazole rings is 1. The van der Waals surface area contributed by atoms with Crippen molar-refractivity contribution in [3.8, 4) is 5.75 Å². The second kappa shape index (κ2) is 10.1. The average Bonchev–Trinajstić information content (AvgIpc) is 3.31. The largest absolute Gasteiger partial charge is 0.489 e. The molecule has 2 aromatic carbocycles. The van der Waals surface area contributed by atoms with Crippen LogP contribution in [0.25, 0.3) is 0 Å². The van der Waals surface area contributed by atoms with Crippen LogP contribution in [0.1, 0.15) is 31.4 Å². The van der Waals surface area contributed by atoms with Crippen LogP contribution in [-0.2, 0) is 4.79 Å². The number of carboxylic acid groups (broad SMARTS) is 1. The number of hydrogen-bond acceptors (Lipinski definition) is 6. The van der Waals surface area contributed by atoms with E-state index in [-0.39, 0.29) is 18.5 Å². The van der Waals surface area contributed by atoms with E-state index >= 15 is 0 Å². The highest BCUT2D eigenvalue weighted by atomic mass is 16.5. The summed E-state index contributed by atoms with van der Waals surface area (Å²) in [4.78, 5) is 21.1. The Bertz CT molecular complexity index is 1010. The zero-order valence-corrected chi connectivity index (χ0v) is 18.1. The van der Waals surface area contributed by atoms with Crippen LogP contribution < -0.4 is 20.3 Å².